The second-order valence-electron chi connectivity index (χ2n) is 1.89. The zero-order valence-electron chi connectivity index (χ0n) is 5.51. The van der Waals surface area contributed by atoms with Crippen LogP contribution in [-0.2, 0) is 6.54 Å². The van der Waals surface area contributed by atoms with Crippen molar-refractivity contribution in [2.24, 2.45) is 0 Å². The van der Waals surface area contributed by atoms with E-state index in [-0.39, 0.29) is 5.15 Å². The largest absolute Gasteiger partial charge is 0.250 e. The molecule has 0 radical (unpaired) electrons. The highest BCUT2D eigenvalue weighted by molar-refractivity contribution is 6.29. The number of rotatable bonds is 2. The molecule has 0 saturated carbocycles. The van der Waals surface area contributed by atoms with Crippen LogP contribution in [0.4, 0.5) is 4.39 Å². The summed E-state index contributed by atoms with van der Waals surface area (Å²) in [7, 11) is 0. The van der Waals surface area contributed by atoms with Crippen molar-refractivity contribution in [1.82, 2.24) is 15.0 Å². The van der Waals surface area contributed by atoms with Crippen LogP contribution in [0.5, 0.6) is 0 Å². The fourth-order valence-electron chi connectivity index (χ4n) is 0.635. The highest BCUT2D eigenvalue weighted by atomic mass is 35.5. The first kappa shape index (κ1) is 7.47. The van der Waals surface area contributed by atoms with Gasteiger partial charge in [0.15, 0.2) is 0 Å². The summed E-state index contributed by atoms with van der Waals surface area (Å²) in [6.07, 6.45) is 0.816. The average molecular weight is 164 g/mol. The third-order valence-corrected chi connectivity index (χ3v) is 1.30. The predicted molar refractivity (Wildman–Crippen MR) is 35.3 cm³/mol. The summed E-state index contributed by atoms with van der Waals surface area (Å²) < 4.78 is 13.8. The second-order valence-corrected chi connectivity index (χ2v) is 2.25. The first-order valence-corrected chi connectivity index (χ1v) is 3.38. The van der Waals surface area contributed by atoms with Gasteiger partial charge < -0.3 is 0 Å². The Morgan fingerprint density at radius 2 is 2.40 bits per heavy atom. The summed E-state index contributed by atoms with van der Waals surface area (Å²) in [5.74, 6) is -0.552. The first-order valence-electron chi connectivity index (χ1n) is 3.00. The van der Waals surface area contributed by atoms with Crippen molar-refractivity contribution in [1.29, 1.82) is 0 Å². The van der Waals surface area contributed by atoms with Gasteiger partial charge >= 0.3 is 0 Å². The Labute approximate surface area is 62.8 Å². The minimum Gasteiger partial charge on any atom is -0.218 e. The van der Waals surface area contributed by atoms with Gasteiger partial charge in [-0.25, -0.2) is 4.68 Å². The molecule has 0 saturated heterocycles. The molecule has 0 amide bonds. The number of hydrogen-bond donors (Lipinski definition) is 0. The Bertz CT molecular complexity index is 223. The smallest absolute Gasteiger partial charge is 0.218 e. The fraction of sp³-hybridized carbons (Fsp3) is 0.600. The molecule has 1 aromatic rings. The molecule has 0 spiro atoms. The van der Waals surface area contributed by atoms with Crippen molar-refractivity contribution < 1.29 is 4.39 Å². The monoisotopic (exact) mass is 163 g/mol. The van der Waals surface area contributed by atoms with Gasteiger partial charge in [0.05, 0.1) is 0 Å². The zero-order valence-corrected chi connectivity index (χ0v) is 6.27. The van der Waals surface area contributed by atoms with E-state index in [1.54, 1.807) is 0 Å². The van der Waals surface area contributed by atoms with Crippen LogP contribution in [0.2, 0.25) is 5.15 Å². The van der Waals surface area contributed by atoms with Gasteiger partial charge in [-0.15, -0.1) is 5.10 Å². The van der Waals surface area contributed by atoms with Gasteiger partial charge in [-0.1, -0.05) is 23.7 Å². The lowest BCUT2D eigenvalue weighted by Gasteiger charge is -1.93. The van der Waals surface area contributed by atoms with E-state index in [9.17, 15) is 4.39 Å². The molecule has 0 bridgehead atoms. The molecule has 3 nitrogen and oxygen atoms in total. The maximum Gasteiger partial charge on any atom is 0.250 e. The quantitative estimate of drug-likeness (QED) is 0.661. The summed E-state index contributed by atoms with van der Waals surface area (Å²) in [6.45, 7) is 2.45. The maximum atomic E-state index is 12.7. The van der Waals surface area contributed by atoms with Gasteiger partial charge in [0.1, 0.15) is 0 Å². The van der Waals surface area contributed by atoms with Gasteiger partial charge in [0.2, 0.25) is 5.15 Å². The lowest BCUT2D eigenvalue weighted by molar-refractivity contribution is 0.448. The first-order chi connectivity index (χ1) is 4.75. The molecule has 0 fully saturated rings. The lowest BCUT2D eigenvalue weighted by Crippen LogP contribution is -2.01. The van der Waals surface area contributed by atoms with E-state index in [0.717, 1.165) is 11.1 Å². The third kappa shape index (κ3) is 1.26. The van der Waals surface area contributed by atoms with E-state index in [1.165, 1.54) is 0 Å². The molecule has 0 aliphatic heterocycles. The number of hydrogen-bond acceptors (Lipinski definition) is 2. The molecule has 1 aromatic heterocycles. The van der Waals surface area contributed by atoms with E-state index in [1.807, 2.05) is 6.92 Å². The highest BCUT2D eigenvalue weighted by Gasteiger charge is 2.07. The van der Waals surface area contributed by atoms with Gasteiger partial charge in [-0.3, -0.25) is 0 Å². The molecule has 10 heavy (non-hydrogen) atoms. The van der Waals surface area contributed by atoms with Crippen molar-refractivity contribution in [2.75, 3.05) is 0 Å². The average Bonchev–Trinajstić information content (AvgIpc) is 2.20. The molecule has 0 unspecified atom stereocenters. The molecule has 5 heteroatoms. The Morgan fingerprint density at radius 3 is 2.80 bits per heavy atom. The summed E-state index contributed by atoms with van der Waals surface area (Å²) in [4.78, 5) is 0. The van der Waals surface area contributed by atoms with Gasteiger partial charge in [0.25, 0.3) is 5.95 Å². The van der Waals surface area contributed by atoms with E-state index in [4.69, 9.17) is 11.6 Å². The highest BCUT2D eigenvalue weighted by Crippen LogP contribution is 2.08. The van der Waals surface area contributed by atoms with Crippen LogP contribution in [0.3, 0.4) is 0 Å². The van der Waals surface area contributed by atoms with Crippen LogP contribution in [0.25, 0.3) is 0 Å². The summed E-state index contributed by atoms with van der Waals surface area (Å²) in [5.41, 5.74) is 0. The number of aryl methyl sites for hydroxylation is 1. The molecule has 0 aliphatic rings. The van der Waals surface area contributed by atoms with Crippen molar-refractivity contribution in [3.8, 4) is 0 Å². The van der Waals surface area contributed by atoms with Crippen LogP contribution in [-0.4, -0.2) is 15.0 Å². The van der Waals surface area contributed by atoms with Crippen LogP contribution in [0, 0.1) is 5.95 Å². The number of halogens is 2. The third-order valence-electron chi connectivity index (χ3n) is 1.07. The second kappa shape index (κ2) is 2.96. The van der Waals surface area contributed by atoms with Crippen molar-refractivity contribution in [2.45, 2.75) is 19.9 Å². The topological polar surface area (TPSA) is 30.7 Å². The molecule has 1 rings (SSSR count). The van der Waals surface area contributed by atoms with Crippen molar-refractivity contribution in [3.63, 3.8) is 0 Å². The van der Waals surface area contributed by atoms with Crippen LogP contribution < -0.4 is 0 Å². The summed E-state index contributed by atoms with van der Waals surface area (Å²) >= 11 is 5.30. The molecule has 0 aromatic carbocycles. The summed E-state index contributed by atoms with van der Waals surface area (Å²) in [6, 6.07) is 0. The molecule has 1 heterocycles. The molecule has 56 valence electrons. The minimum absolute atomic E-state index is 0.159. The minimum atomic E-state index is -0.552. The Kier molecular flexibility index (Phi) is 2.21. The SMILES string of the molecule is CCCn1nnc(Cl)c1F. The van der Waals surface area contributed by atoms with E-state index >= 15 is 0 Å². The molecular weight excluding hydrogens is 157 g/mol. The standard InChI is InChI=1S/C5H7ClFN3/c1-2-3-10-5(7)4(6)8-9-10/h2-3H2,1H3. The molecular formula is C5H7ClFN3. The summed E-state index contributed by atoms with van der Waals surface area (Å²) in [5, 5.41) is 6.64. The van der Waals surface area contributed by atoms with Crippen molar-refractivity contribution in [3.05, 3.63) is 11.1 Å². The molecule has 0 N–H and O–H groups in total. The normalized spacial score (nSPS) is 10.3. The molecule has 0 aliphatic carbocycles. The predicted octanol–water partition coefficient (Wildman–Crippen LogP) is 1.48. The maximum absolute atomic E-state index is 12.7. The van der Waals surface area contributed by atoms with Crippen molar-refractivity contribution >= 4 is 11.6 Å². The fourth-order valence-corrected chi connectivity index (χ4v) is 0.766. The van der Waals surface area contributed by atoms with E-state index in [0.29, 0.717) is 6.54 Å². The molecule has 0 atom stereocenters. The van der Waals surface area contributed by atoms with Crippen LogP contribution in [0.1, 0.15) is 13.3 Å². The number of aromatic nitrogens is 3. The van der Waals surface area contributed by atoms with Gasteiger partial charge in [0, 0.05) is 6.54 Å². The van der Waals surface area contributed by atoms with Crippen LogP contribution >= 0.6 is 11.6 Å². The Hall–Kier alpha value is -0.640. The number of nitrogens with zero attached hydrogens (tertiary/aromatic N) is 3. The van der Waals surface area contributed by atoms with Gasteiger partial charge in [-0.2, -0.15) is 4.39 Å². The lowest BCUT2D eigenvalue weighted by atomic mass is 10.5. The Balaban J connectivity index is 2.83. The Morgan fingerprint density at radius 1 is 1.70 bits per heavy atom. The van der Waals surface area contributed by atoms with E-state index < -0.39 is 5.95 Å². The van der Waals surface area contributed by atoms with E-state index in [2.05, 4.69) is 10.3 Å². The van der Waals surface area contributed by atoms with Crippen LogP contribution in [0.15, 0.2) is 0 Å². The van der Waals surface area contributed by atoms with Gasteiger partial charge in [-0.05, 0) is 6.42 Å². The zero-order chi connectivity index (χ0) is 7.56.